The van der Waals surface area contributed by atoms with E-state index in [9.17, 15) is 9.90 Å². The highest BCUT2D eigenvalue weighted by molar-refractivity contribution is 9.10. The van der Waals surface area contributed by atoms with Crippen LogP contribution in [0.5, 0.6) is 5.75 Å². The van der Waals surface area contributed by atoms with Gasteiger partial charge in [-0.1, -0.05) is 11.6 Å². The van der Waals surface area contributed by atoms with E-state index in [1.54, 1.807) is 18.2 Å². The molecule has 1 amide bonds. The molecule has 0 atom stereocenters. The number of phenols is 1. The van der Waals surface area contributed by atoms with Crippen molar-refractivity contribution >= 4 is 44.8 Å². The third-order valence-corrected chi connectivity index (χ3v) is 3.41. The number of aromatic hydroxyl groups is 1. The summed E-state index contributed by atoms with van der Waals surface area (Å²) in [7, 11) is 0. The first-order valence-corrected chi connectivity index (χ1v) is 6.49. The Labute approximate surface area is 123 Å². The second-order valence-corrected chi connectivity index (χ2v) is 5.12. The van der Waals surface area contributed by atoms with Crippen molar-refractivity contribution in [2.75, 3.05) is 11.1 Å². The highest BCUT2D eigenvalue weighted by Crippen LogP contribution is 2.27. The van der Waals surface area contributed by atoms with E-state index in [0.717, 1.165) is 0 Å². The minimum Gasteiger partial charge on any atom is -0.506 e. The lowest BCUT2D eigenvalue weighted by molar-refractivity contribution is 0.102. The van der Waals surface area contributed by atoms with Crippen molar-refractivity contribution in [2.45, 2.75) is 0 Å². The number of hydrogen-bond donors (Lipinski definition) is 3. The predicted molar refractivity (Wildman–Crippen MR) is 79.6 cm³/mol. The Balaban J connectivity index is 2.23. The Hall–Kier alpha value is -1.72. The Morgan fingerprint density at radius 3 is 2.63 bits per heavy atom. The van der Waals surface area contributed by atoms with Gasteiger partial charge in [-0.25, -0.2) is 0 Å². The number of carbonyl (C=O) groups is 1. The molecular formula is C13H10BrClN2O2. The maximum absolute atomic E-state index is 12.0. The van der Waals surface area contributed by atoms with Gasteiger partial charge in [0.05, 0.1) is 10.7 Å². The minimum atomic E-state index is -0.327. The van der Waals surface area contributed by atoms with Crippen LogP contribution in [-0.2, 0) is 0 Å². The number of nitrogens with two attached hydrogens (primary N) is 1. The van der Waals surface area contributed by atoms with Gasteiger partial charge in [0.2, 0.25) is 0 Å². The zero-order chi connectivity index (χ0) is 14.0. The highest BCUT2D eigenvalue weighted by atomic mass is 79.9. The summed E-state index contributed by atoms with van der Waals surface area (Å²) >= 11 is 9.07. The predicted octanol–water partition coefficient (Wildman–Crippen LogP) is 3.64. The van der Waals surface area contributed by atoms with Crippen molar-refractivity contribution in [1.82, 2.24) is 0 Å². The number of halogens is 2. The van der Waals surface area contributed by atoms with E-state index in [-0.39, 0.29) is 16.7 Å². The van der Waals surface area contributed by atoms with Crippen molar-refractivity contribution in [1.29, 1.82) is 0 Å². The van der Waals surface area contributed by atoms with Gasteiger partial charge in [-0.05, 0) is 52.3 Å². The highest BCUT2D eigenvalue weighted by Gasteiger charge is 2.10. The Kier molecular flexibility index (Phi) is 3.97. The van der Waals surface area contributed by atoms with E-state index >= 15 is 0 Å². The lowest BCUT2D eigenvalue weighted by atomic mass is 10.2. The molecule has 6 heteroatoms. The van der Waals surface area contributed by atoms with Crippen LogP contribution in [0.2, 0.25) is 5.02 Å². The smallest absolute Gasteiger partial charge is 0.255 e. The van der Waals surface area contributed by atoms with Gasteiger partial charge in [0.1, 0.15) is 5.75 Å². The third kappa shape index (κ3) is 3.19. The summed E-state index contributed by atoms with van der Waals surface area (Å²) in [4.78, 5) is 12.0. The summed E-state index contributed by atoms with van der Waals surface area (Å²) in [6, 6.07) is 9.33. The van der Waals surface area contributed by atoms with E-state index in [1.165, 1.54) is 18.2 Å². The third-order valence-electron chi connectivity index (χ3n) is 2.45. The second kappa shape index (κ2) is 5.50. The summed E-state index contributed by atoms with van der Waals surface area (Å²) in [5.41, 5.74) is 7.17. The number of anilines is 2. The Bertz CT molecular complexity index is 647. The van der Waals surface area contributed by atoms with Gasteiger partial charge in [0.15, 0.2) is 0 Å². The molecule has 2 aromatic carbocycles. The standard InChI is InChI=1S/C13H10BrClN2O2/c14-9-6-8(16)2-3-11(9)17-13(19)7-1-4-12(18)10(15)5-7/h1-6,18H,16H2,(H,17,19). The fourth-order valence-corrected chi connectivity index (χ4v) is 2.15. The van der Waals surface area contributed by atoms with E-state index in [4.69, 9.17) is 17.3 Å². The zero-order valence-corrected chi connectivity index (χ0v) is 12.0. The van der Waals surface area contributed by atoms with Gasteiger partial charge in [-0.15, -0.1) is 0 Å². The topological polar surface area (TPSA) is 75.3 Å². The molecule has 4 N–H and O–H groups in total. The Morgan fingerprint density at radius 1 is 1.26 bits per heavy atom. The average Bonchev–Trinajstić information content (AvgIpc) is 2.36. The lowest BCUT2D eigenvalue weighted by Gasteiger charge is -2.08. The Morgan fingerprint density at radius 2 is 2.00 bits per heavy atom. The minimum absolute atomic E-state index is 0.0631. The first-order valence-electron chi connectivity index (χ1n) is 5.32. The molecule has 0 saturated heterocycles. The molecular weight excluding hydrogens is 332 g/mol. The molecule has 0 unspecified atom stereocenters. The van der Waals surface area contributed by atoms with Gasteiger partial charge < -0.3 is 16.2 Å². The average molecular weight is 342 g/mol. The summed E-state index contributed by atoms with van der Waals surface area (Å²) in [6.45, 7) is 0. The number of hydrogen-bond acceptors (Lipinski definition) is 3. The number of amides is 1. The number of carbonyl (C=O) groups excluding carboxylic acids is 1. The zero-order valence-electron chi connectivity index (χ0n) is 9.65. The van der Waals surface area contributed by atoms with Crippen LogP contribution in [0, 0.1) is 0 Å². The molecule has 0 aliphatic carbocycles. The van der Waals surface area contributed by atoms with Crippen molar-refractivity contribution in [2.24, 2.45) is 0 Å². The van der Waals surface area contributed by atoms with Gasteiger partial charge in [-0.3, -0.25) is 4.79 Å². The maximum Gasteiger partial charge on any atom is 0.255 e. The number of nitrogen functional groups attached to an aromatic ring is 1. The second-order valence-electron chi connectivity index (χ2n) is 3.86. The van der Waals surface area contributed by atoms with Crippen molar-refractivity contribution < 1.29 is 9.90 Å². The molecule has 4 nitrogen and oxygen atoms in total. The monoisotopic (exact) mass is 340 g/mol. The van der Waals surface area contributed by atoms with Crippen LogP contribution in [-0.4, -0.2) is 11.0 Å². The van der Waals surface area contributed by atoms with E-state index in [1.807, 2.05) is 0 Å². The first-order chi connectivity index (χ1) is 8.97. The normalized spacial score (nSPS) is 10.2. The van der Waals surface area contributed by atoms with Gasteiger partial charge >= 0.3 is 0 Å². The van der Waals surface area contributed by atoms with E-state index < -0.39 is 0 Å². The van der Waals surface area contributed by atoms with Crippen molar-refractivity contribution in [3.63, 3.8) is 0 Å². The largest absolute Gasteiger partial charge is 0.506 e. The fraction of sp³-hybridized carbons (Fsp3) is 0. The first kappa shape index (κ1) is 13.7. The van der Waals surface area contributed by atoms with Gasteiger partial charge in [0, 0.05) is 15.7 Å². The maximum atomic E-state index is 12.0. The molecule has 2 rings (SSSR count). The van der Waals surface area contributed by atoms with Gasteiger partial charge in [0.25, 0.3) is 5.91 Å². The number of nitrogens with one attached hydrogen (secondary N) is 1. The van der Waals surface area contributed by atoms with Crippen molar-refractivity contribution in [3.05, 3.63) is 51.5 Å². The molecule has 19 heavy (non-hydrogen) atoms. The van der Waals surface area contributed by atoms with Crippen molar-refractivity contribution in [3.8, 4) is 5.75 Å². The van der Waals surface area contributed by atoms with Crippen LogP contribution >= 0.6 is 27.5 Å². The molecule has 98 valence electrons. The molecule has 2 aromatic rings. The SMILES string of the molecule is Nc1ccc(NC(=O)c2ccc(O)c(Cl)c2)c(Br)c1. The molecule has 0 radical (unpaired) electrons. The van der Waals surface area contributed by atoms with Crippen LogP contribution in [0.3, 0.4) is 0 Å². The van der Waals surface area contributed by atoms with E-state index in [2.05, 4.69) is 21.2 Å². The molecule has 0 saturated carbocycles. The van der Waals surface area contributed by atoms with Gasteiger partial charge in [-0.2, -0.15) is 0 Å². The van der Waals surface area contributed by atoms with Crippen LogP contribution in [0.1, 0.15) is 10.4 Å². The van der Waals surface area contributed by atoms with Crippen LogP contribution < -0.4 is 11.1 Å². The van der Waals surface area contributed by atoms with Crippen LogP contribution in [0.15, 0.2) is 40.9 Å². The summed E-state index contributed by atoms with van der Waals surface area (Å²) in [5, 5.41) is 12.2. The molecule has 0 bridgehead atoms. The molecule has 0 spiro atoms. The molecule has 0 aromatic heterocycles. The molecule has 0 heterocycles. The lowest BCUT2D eigenvalue weighted by Crippen LogP contribution is -2.12. The number of benzene rings is 2. The molecule has 0 aliphatic rings. The molecule has 0 fully saturated rings. The summed E-state index contributed by atoms with van der Waals surface area (Å²) in [5.74, 6) is -0.390. The van der Waals surface area contributed by atoms with E-state index in [0.29, 0.717) is 21.4 Å². The number of phenolic OH excluding ortho intramolecular Hbond substituents is 1. The van der Waals surface area contributed by atoms with Crippen LogP contribution in [0.4, 0.5) is 11.4 Å². The van der Waals surface area contributed by atoms with Crippen LogP contribution in [0.25, 0.3) is 0 Å². The molecule has 0 aliphatic heterocycles. The number of rotatable bonds is 2. The fourth-order valence-electron chi connectivity index (χ4n) is 1.48. The summed E-state index contributed by atoms with van der Waals surface area (Å²) < 4.78 is 0.686. The quantitative estimate of drug-likeness (QED) is 0.730. The summed E-state index contributed by atoms with van der Waals surface area (Å²) in [6.07, 6.45) is 0.